The van der Waals surface area contributed by atoms with Gasteiger partial charge in [0, 0.05) is 42.5 Å². The maximum atomic E-state index is 13.0. The van der Waals surface area contributed by atoms with Crippen LogP contribution in [0.5, 0.6) is 0 Å². The van der Waals surface area contributed by atoms with Crippen LogP contribution >= 0.6 is 11.3 Å². The van der Waals surface area contributed by atoms with Crippen LogP contribution in [0.3, 0.4) is 0 Å². The zero-order valence-corrected chi connectivity index (χ0v) is 20.4. The van der Waals surface area contributed by atoms with Crippen LogP contribution in [-0.4, -0.2) is 47.0 Å². The Bertz CT molecular complexity index is 1270. The van der Waals surface area contributed by atoms with Gasteiger partial charge in [0.2, 0.25) is 0 Å². The topological polar surface area (TPSA) is 49.3 Å². The summed E-state index contributed by atoms with van der Waals surface area (Å²) in [4.78, 5) is 29.5. The fraction of sp³-hybridized carbons (Fsp3) is 0.500. The molecule has 5 nitrogen and oxygen atoms in total. The van der Waals surface area contributed by atoms with Crippen LogP contribution in [0.15, 0.2) is 24.3 Å². The molecule has 0 bridgehead atoms. The van der Waals surface area contributed by atoms with E-state index in [1.54, 1.807) is 4.90 Å². The van der Waals surface area contributed by atoms with Gasteiger partial charge in [0.25, 0.3) is 5.91 Å². The van der Waals surface area contributed by atoms with Gasteiger partial charge >= 0.3 is 6.18 Å². The minimum absolute atomic E-state index is 0.230. The van der Waals surface area contributed by atoms with Gasteiger partial charge in [-0.25, -0.2) is 9.97 Å². The summed E-state index contributed by atoms with van der Waals surface area (Å²) in [5.41, 5.74) is 0.947. The quantitative estimate of drug-likeness (QED) is 0.465. The smallest absolute Gasteiger partial charge is 0.352 e. The van der Waals surface area contributed by atoms with Crippen molar-refractivity contribution in [3.8, 4) is 0 Å². The van der Waals surface area contributed by atoms with E-state index < -0.39 is 11.7 Å². The van der Waals surface area contributed by atoms with Crippen molar-refractivity contribution in [3.05, 3.63) is 51.7 Å². The molecule has 1 saturated carbocycles. The normalized spacial score (nSPS) is 20.9. The third-order valence-electron chi connectivity index (χ3n) is 7.42. The number of carbonyl (C=O) groups is 1. The number of fused-ring (bicyclic) bond motifs is 3. The number of halogens is 3. The highest BCUT2D eigenvalue weighted by atomic mass is 32.1. The molecule has 9 heteroatoms. The second-order valence-corrected chi connectivity index (χ2v) is 11.1. The second-order valence-electron chi connectivity index (χ2n) is 10.1. The summed E-state index contributed by atoms with van der Waals surface area (Å²) in [6.45, 7) is 4.61. The van der Waals surface area contributed by atoms with Crippen molar-refractivity contribution in [1.29, 1.82) is 0 Å². The minimum Gasteiger partial charge on any atom is -0.352 e. The monoisotopic (exact) mass is 500 g/mol. The van der Waals surface area contributed by atoms with Crippen molar-refractivity contribution >= 4 is 33.3 Å². The van der Waals surface area contributed by atoms with E-state index in [0.717, 1.165) is 54.3 Å². The fourth-order valence-corrected chi connectivity index (χ4v) is 6.58. The molecule has 1 aromatic carbocycles. The van der Waals surface area contributed by atoms with E-state index in [0.29, 0.717) is 38.0 Å². The standard InChI is InChI=1S/C26H27F3N4OS/c1-15-2-9-19-20(14-15)35-24-21(19)23(30-22(31-24)16-3-4-16)32-10-12-33(13-11-32)25(34)17-5-7-18(8-6-17)26(27,28)29/h5-8,15-16H,2-4,9-14H2,1H3. The van der Waals surface area contributed by atoms with E-state index in [9.17, 15) is 18.0 Å². The number of alkyl halides is 3. The number of piperazine rings is 1. The molecule has 0 radical (unpaired) electrons. The summed E-state index contributed by atoms with van der Waals surface area (Å²) in [6, 6.07) is 4.49. The Morgan fingerprint density at radius 1 is 1.03 bits per heavy atom. The van der Waals surface area contributed by atoms with E-state index in [1.165, 1.54) is 34.4 Å². The van der Waals surface area contributed by atoms with E-state index in [1.807, 2.05) is 11.3 Å². The van der Waals surface area contributed by atoms with Gasteiger partial charge in [0.1, 0.15) is 16.5 Å². The SMILES string of the molecule is CC1CCc2c(sc3nc(C4CC4)nc(N4CCN(C(=O)c5ccc(C(F)(F)F)cc5)CC4)c23)C1. The maximum Gasteiger partial charge on any atom is 0.416 e. The number of anilines is 1. The second kappa shape index (κ2) is 8.47. The van der Waals surface area contributed by atoms with Gasteiger partial charge in [-0.1, -0.05) is 6.92 Å². The molecule has 2 fully saturated rings. The lowest BCUT2D eigenvalue weighted by atomic mass is 9.89. The number of benzene rings is 1. The molecule has 0 spiro atoms. The van der Waals surface area contributed by atoms with Gasteiger partial charge in [-0.05, 0) is 67.9 Å². The van der Waals surface area contributed by atoms with Crippen molar-refractivity contribution in [2.24, 2.45) is 5.92 Å². The van der Waals surface area contributed by atoms with Crippen molar-refractivity contribution in [2.75, 3.05) is 31.1 Å². The van der Waals surface area contributed by atoms with Crippen LogP contribution in [0.1, 0.15) is 64.3 Å². The first kappa shape index (κ1) is 22.8. The Morgan fingerprint density at radius 3 is 2.40 bits per heavy atom. The number of aromatic nitrogens is 2. The molecule has 2 aromatic heterocycles. The molecule has 1 amide bonds. The first-order valence-corrected chi connectivity index (χ1v) is 13.1. The molecular weight excluding hydrogens is 473 g/mol. The van der Waals surface area contributed by atoms with Gasteiger partial charge in [-0.3, -0.25) is 4.79 Å². The number of amides is 1. The summed E-state index contributed by atoms with van der Waals surface area (Å²) in [7, 11) is 0. The molecule has 184 valence electrons. The number of thiophene rings is 1. The van der Waals surface area contributed by atoms with Crippen molar-refractivity contribution < 1.29 is 18.0 Å². The number of nitrogens with zero attached hydrogens (tertiary/aromatic N) is 4. The minimum atomic E-state index is -4.41. The van der Waals surface area contributed by atoms with Gasteiger partial charge in [-0.15, -0.1) is 11.3 Å². The van der Waals surface area contributed by atoms with Gasteiger partial charge in [0.15, 0.2) is 0 Å². The first-order valence-electron chi connectivity index (χ1n) is 12.3. The number of aryl methyl sites for hydroxylation is 1. The van der Waals surface area contributed by atoms with Crippen LogP contribution in [0, 0.1) is 5.92 Å². The predicted molar refractivity (Wildman–Crippen MR) is 130 cm³/mol. The number of carbonyl (C=O) groups excluding carboxylic acids is 1. The Labute approximate surface area is 206 Å². The molecule has 1 aliphatic heterocycles. The number of hydrogen-bond donors (Lipinski definition) is 0. The predicted octanol–water partition coefficient (Wildman–Crippen LogP) is 5.67. The van der Waals surface area contributed by atoms with Gasteiger partial charge < -0.3 is 9.80 Å². The Morgan fingerprint density at radius 2 is 1.74 bits per heavy atom. The molecule has 3 heterocycles. The third-order valence-corrected chi connectivity index (χ3v) is 8.57. The van der Waals surface area contributed by atoms with Crippen molar-refractivity contribution in [3.63, 3.8) is 0 Å². The zero-order chi connectivity index (χ0) is 24.3. The summed E-state index contributed by atoms with van der Waals surface area (Å²) in [5, 5.41) is 1.20. The Balaban J connectivity index is 1.24. The van der Waals surface area contributed by atoms with Crippen molar-refractivity contribution in [1.82, 2.24) is 14.9 Å². The average molecular weight is 501 g/mol. The maximum absolute atomic E-state index is 13.0. The lowest BCUT2D eigenvalue weighted by Crippen LogP contribution is -2.49. The van der Waals surface area contributed by atoms with Crippen LogP contribution in [0.4, 0.5) is 19.0 Å². The lowest BCUT2D eigenvalue weighted by Gasteiger charge is -2.36. The molecule has 2 aliphatic carbocycles. The highest BCUT2D eigenvalue weighted by Crippen LogP contribution is 2.45. The van der Waals surface area contributed by atoms with Crippen LogP contribution < -0.4 is 4.90 Å². The first-order chi connectivity index (χ1) is 16.8. The van der Waals surface area contributed by atoms with E-state index in [2.05, 4.69) is 11.8 Å². The lowest BCUT2D eigenvalue weighted by molar-refractivity contribution is -0.137. The molecule has 1 unspecified atom stereocenters. The zero-order valence-electron chi connectivity index (χ0n) is 19.6. The highest BCUT2D eigenvalue weighted by Gasteiger charge is 2.33. The van der Waals surface area contributed by atoms with Gasteiger partial charge in [0.05, 0.1) is 10.9 Å². The number of rotatable bonds is 3. The van der Waals surface area contributed by atoms with Gasteiger partial charge in [-0.2, -0.15) is 13.2 Å². The number of hydrogen-bond acceptors (Lipinski definition) is 5. The Hall–Kier alpha value is -2.68. The molecule has 3 aliphatic rings. The van der Waals surface area contributed by atoms with Crippen molar-refractivity contribution in [2.45, 2.75) is 51.1 Å². The molecule has 3 aromatic rings. The molecule has 35 heavy (non-hydrogen) atoms. The van der Waals surface area contributed by atoms with E-state index in [-0.39, 0.29) is 11.5 Å². The summed E-state index contributed by atoms with van der Waals surface area (Å²) in [5.74, 6) is 2.87. The molecule has 1 saturated heterocycles. The summed E-state index contributed by atoms with van der Waals surface area (Å²) in [6.07, 6.45) is 1.21. The highest BCUT2D eigenvalue weighted by molar-refractivity contribution is 7.19. The molecule has 1 atom stereocenters. The third kappa shape index (κ3) is 4.28. The largest absolute Gasteiger partial charge is 0.416 e. The van der Waals surface area contributed by atoms with E-state index >= 15 is 0 Å². The summed E-state index contributed by atoms with van der Waals surface area (Å²) < 4.78 is 38.6. The van der Waals surface area contributed by atoms with Crippen LogP contribution in [0.25, 0.3) is 10.2 Å². The fourth-order valence-electron chi connectivity index (χ4n) is 5.20. The van der Waals surface area contributed by atoms with E-state index in [4.69, 9.17) is 9.97 Å². The molecule has 6 rings (SSSR count). The Kier molecular flexibility index (Phi) is 5.51. The molecular formula is C26H27F3N4OS. The molecule has 0 N–H and O–H groups in total. The average Bonchev–Trinajstić information content (AvgIpc) is 3.63. The summed E-state index contributed by atoms with van der Waals surface area (Å²) >= 11 is 1.82. The van der Waals surface area contributed by atoms with Crippen LogP contribution in [0.2, 0.25) is 0 Å². The van der Waals surface area contributed by atoms with Crippen LogP contribution in [-0.2, 0) is 19.0 Å².